The van der Waals surface area contributed by atoms with Crippen LogP contribution < -0.4 is 10.6 Å². The Morgan fingerprint density at radius 2 is 2.00 bits per heavy atom. The van der Waals surface area contributed by atoms with Crippen LogP contribution in [0.1, 0.15) is 24.8 Å². The highest BCUT2D eigenvalue weighted by Crippen LogP contribution is 2.15. The van der Waals surface area contributed by atoms with E-state index in [9.17, 15) is 0 Å². The molecule has 0 spiro atoms. The summed E-state index contributed by atoms with van der Waals surface area (Å²) >= 11 is 0. The minimum Gasteiger partial charge on any atom is -0.382 e. The van der Waals surface area contributed by atoms with Crippen LogP contribution in [0.4, 0.5) is 5.69 Å². The summed E-state index contributed by atoms with van der Waals surface area (Å²) in [5, 5.41) is 14.8. The van der Waals surface area contributed by atoms with Crippen LogP contribution in [0.5, 0.6) is 0 Å². The molecule has 5 heteroatoms. The summed E-state index contributed by atoms with van der Waals surface area (Å²) in [7, 11) is 0. The summed E-state index contributed by atoms with van der Waals surface area (Å²) < 4.78 is 1.88. The average Bonchev–Trinajstić information content (AvgIpc) is 3.03. The van der Waals surface area contributed by atoms with E-state index in [2.05, 4.69) is 45.2 Å². The fraction of sp³-hybridized carbons (Fsp3) is 0.500. The smallest absolute Gasteiger partial charge is 0.0692 e. The number of hydrogen-bond acceptors (Lipinski definition) is 4. The molecule has 1 aromatic heterocycles. The molecular formula is C16H23N5. The van der Waals surface area contributed by atoms with Crippen molar-refractivity contribution in [2.45, 2.75) is 38.3 Å². The number of benzene rings is 1. The molecule has 0 unspecified atom stereocenters. The van der Waals surface area contributed by atoms with Gasteiger partial charge in [0.25, 0.3) is 0 Å². The summed E-state index contributed by atoms with van der Waals surface area (Å²) in [6, 6.07) is 9.47. The van der Waals surface area contributed by atoms with E-state index in [1.807, 2.05) is 10.9 Å². The Bertz CT molecular complexity index is 514. The Labute approximate surface area is 125 Å². The van der Waals surface area contributed by atoms with Gasteiger partial charge in [0.15, 0.2) is 0 Å². The number of piperidine rings is 1. The van der Waals surface area contributed by atoms with Crippen molar-refractivity contribution in [3.8, 4) is 0 Å². The van der Waals surface area contributed by atoms with E-state index in [1.54, 1.807) is 6.20 Å². The maximum absolute atomic E-state index is 3.98. The fourth-order valence-corrected chi connectivity index (χ4v) is 2.77. The molecule has 0 atom stereocenters. The molecule has 0 amide bonds. The highest BCUT2D eigenvalue weighted by molar-refractivity contribution is 5.45. The van der Waals surface area contributed by atoms with Gasteiger partial charge in [0.1, 0.15) is 0 Å². The quantitative estimate of drug-likeness (QED) is 0.853. The first-order valence-electron chi connectivity index (χ1n) is 7.80. The average molecular weight is 285 g/mol. The van der Waals surface area contributed by atoms with Crippen molar-refractivity contribution in [3.63, 3.8) is 0 Å². The minimum absolute atomic E-state index is 0.615. The van der Waals surface area contributed by atoms with Crippen LogP contribution in [0, 0.1) is 0 Å². The molecule has 3 rings (SSSR count). The molecule has 2 heterocycles. The van der Waals surface area contributed by atoms with E-state index in [0.717, 1.165) is 32.5 Å². The molecule has 0 saturated carbocycles. The second kappa shape index (κ2) is 7.22. The molecule has 0 bridgehead atoms. The zero-order valence-electron chi connectivity index (χ0n) is 12.3. The Morgan fingerprint density at radius 1 is 1.19 bits per heavy atom. The lowest BCUT2D eigenvalue weighted by Gasteiger charge is -2.24. The van der Waals surface area contributed by atoms with Crippen molar-refractivity contribution in [1.29, 1.82) is 0 Å². The Morgan fingerprint density at radius 3 is 2.71 bits per heavy atom. The molecular weight excluding hydrogens is 262 g/mol. The van der Waals surface area contributed by atoms with Gasteiger partial charge in [-0.15, -0.1) is 5.10 Å². The van der Waals surface area contributed by atoms with E-state index in [-0.39, 0.29) is 0 Å². The summed E-state index contributed by atoms with van der Waals surface area (Å²) in [5.41, 5.74) is 2.62. The lowest BCUT2D eigenvalue weighted by Crippen LogP contribution is -2.35. The third kappa shape index (κ3) is 4.29. The van der Waals surface area contributed by atoms with Crippen LogP contribution in [0.3, 0.4) is 0 Å². The van der Waals surface area contributed by atoms with Crippen molar-refractivity contribution >= 4 is 5.69 Å². The largest absolute Gasteiger partial charge is 0.382 e. The first kappa shape index (κ1) is 14.1. The van der Waals surface area contributed by atoms with Crippen molar-refractivity contribution in [2.75, 3.05) is 18.4 Å². The van der Waals surface area contributed by atoms with Crippen LogP contribution in [-0.4, -0.2) is 34.1 Å². The monoisotopic (exact) mass is 285 g/mol. The maximum Gasteiger partial charge on any atom is 0.0692 e. The normalized spacial score (nSPS) is 16.0. The van der Waals surface area contributed by atoms with Gasteiger partial charge in [-0.3, -0.25) is 4.68 Å². The van der Waals surface area contributed by atoms with Gasteiger partial charge in [0.2, 0.25) is 0 Å². The summed E-state index contributed by atoms with van der Waals surface area (Å²) in [4.78, 5) is 0. The van der Waals surface area contributed by atoms with Crippen molar-refractivity contribution in [2.24, 2.45) is 0 Å². The molecule has 2 aromatic rings. The zero-order chi connectivity index (χ0) is 14.3. The molecule has 112 valence electrons. The molecule has 1 saturated heterocycles. The predicted octanol–water partition coefficient (Wildman–Crippen LogP) is 2.07. The number of nitrogens with one attached hydrogen (secondary N) is 2. The van der Waals surface area contributed by atoms with E-state index in [4.69, 9.17) is 0 Å². The van der Waals surface area contributed by atoms with Crippen molar-refractivity contribution in [3.05, 3.63) is 42.2 Å². The van der Waals surface area contributed by atoms with Crippen LogP contribution in [0.25, 0.3) is 0 Å². The highest BCUT2D eigenvalue weighted by Gasteiger charge is 2.11. The summed E-state index contributed by atoms with van der Waals surface area (Å²) in [6.45, 7) is 3.17. The van der Waals surface area contributed by atoms with Crippen LogP contribution in [0.2, 0.25) is 0 Å². The standard InChI is InChI=1S/C16H23N5/c1(12-21-13-11-18-20-21)2-14-3-5-15(6-4-14)19-16-7-9-17-10-8-16/h3-6,11,13,16-17,19H,1-2,7-10,12H2. The number of hydrogen-bond donors (Lipinski definition) is 2. The van der Waals surface area contributed by atoms with E-state index < -0.39 is 0 Å². The second-order valence-electron chi connectivity index (χ2n) is 5.64. The minimum atomic E-state index is 0.615. The number of rotatable bonds is 6. The first-order chi connectivity index (χ1) is 10.4. The van der Waals surface area contributed by atoms with Gasteiger partial charge in [-0.25, -0.2) is 0 Å². The Kier molecular flexibility index (Phi) is 4.84. The SMILES string of the molecule is c1cn(CCCc2ccc(NC3CCNCC3)cc2)nn1. The highest BCUT2D eigenvalue weighted by atomic mass is 15.4. The van der Waals surface area contributed by atoms with Crippen LogP contribution in [-0.2, 0) is 13.0 Å². The number of aromatic nitrogens is 3. The number of nitrogens with zero attached hydrogens (tertiary/aromatic N) is 3. The number of aryl methyl sites for hydroxylation is 2. The molecule has 21 heavy (non-hydrogen) atoms. The molecule has 1 aromatic carbocycles. The van der Waals surface area contributed by atoms with Gasteiger partial charge in [0.05, 0.1) is 6.20 Å². The van der Waals surface area contributed by atoms with Crippen molar-refractivity contribution in [1.82, 2.24) is 20.3 Å². The van der Waals surface area contributed by atoms with Crippen LogP contribution in [0.15, 0.2) is 36.7 Å². The predicted molar refractivity (Wildman–Crippen MR) is 84.3 cm³/mol. The third-order valence-corrected chi connectivity index (χ3v) is 3.99. The molecule has 1 aliphatic heterocycles. The van der Waals surface area contributed by atoms with Gasteiger partial charge in [-0.1, -0.05) is 17.3 Å². The molecule has 0 aliphatic carbocycles. The molecule has 5 nitrogen and oxygen atoms in total. The third-order valence-electron chi connectivity index (χ3n) is 3.99. The number of anilines is 1. The molecule has 1 fully saturated rings. The fourth-order valence-electron chi connectivity index (χ4n) is 2.77. The molecule has 1 aliphatic rings. The maximum atomic E-state index is 3.98. The molecule has 2 N–H and O–H groups in total. The van der Waals surface area contributed by atoms with Crippen molar-refractivity contribution < 1.29 is 0 Å². The topological polar surface area (TPSA) is 54.8 Å². The van der Waals surface area contributed by atoms with E-state index in [0.29, 0.717) is 6.04 Å². The van der Waals surface area contributed by atoms with Crippen LogP contribution >= 0.6 is 0 Å². The summed E-state index contributed by atoms with van der Waals surface area (Å²) in [5.74, 6) is 0. The summed E-state index contributed by atoms with van der Waals surface area (Å²) in [6.07, 6.45) is 8.21. The van der Waals surface area contributed by atoms with E-state index >= 15 is 0 Å². The van der Waals surface area contributed by atoms with Gasteiger partial charge < -0.3 is 10.6 Å². The lowest BCUT2D eigenvalue weighted by atomic mass is 10.1. The van der Waals surface area contributed by atoms with Gasteiger partial charge in [-0.2, -0.15) is 0 Å². The molecule has 0 radical (unpaired) electrons. The second-order valence-corrected chi connectivity index (χ2v) is 5.64. The van der Waals surface area contributed by atoms with Gasteiger partial charge >= 0.3 is 0 Å². The van der Waals surface area contributed by atoms with Gasteiger partial charge in [0, 0.05) is 24.5 Å². The zero-order valence-corrected chi connectivity index (χ0v) is 12.3. The Balaban J connectivity index is 1.44. The Hall–Kier alpha value is -1.88. The van der Waals surface area contributed by atoms with Gasteiger partial charge in [-0.05, 0) is 56.5 Å². The lowest BCUT2D eigenvalue weighted by molar-refractivity contribution is 0.479. The first-order valence-corrected chi connectivity index (χ1v) is 7.80. The van der Waals surface area contributed by atoms with E-state index in [1.165, 1.54) is 24.1 Å².